The van der Waals surface area contributed by atoms with Crippen molar-refractivity contribution in [3.8, 4) is 0 Å². The van der Waals surface area contributed by atoms with E-state index >= 15 is 0 Å². The average Bonchev–Trinajstić information content (AvgIpc) is 2.80. The Kier molecular flexibility index (Phi) is 3.07. The van der Waals surface area contributed by atoms with E-state index in [1.54, 1.807) is 0 Å². The van der Waals surface area contributed by atoms with Crippen LogP contribution < -0.4 is 5.32 Å². The van der Waals surface area contributed by atoms with Gasteiger partial charge in [0.05, 0.1) is 0 Å². The van der Waals surface area contributed by atoms with Gasteiger partial charge in [0.1, 0.15) is 0 Å². The van der Waals surface area contributed by atoms with Gasteiger partial charge in [-0.2, -0.15) is 0 Å². The predicted molar refractivity (Wildman–Crippen MR) is 58.2 cm³/mol. The Labute approximate surface area is 86.9 Å². The Hall–Kier alpha value is -0.730. The lowest BCUT2D eigenvalue weighted by Gasteiger charge is -2.29. The molecule has 1 saturated carbocycles. The third-order valence-electron chi connectivity index (χ3n) is 2.72. The summed E-state index contributed by atoms with van der Waals surface area (Å²) in [6.45, 7) is 8.13. The van der Waals surface area contributed by atoms with Gasteiger partial charge in [-0.15, -0.1) is 0 Å². The number of amides is 2. The first kappa shape index (κ1) is 11.3. The van der Waals surface area contributed by atoms with Crippen LogP contribution in [0.25, 0.3) is 0 Å². The zero-order valence-corrected chi connectivity index (χ0v) is 9.92. The molecule has 3 nitrogen and oxygen atoms in total. The lowest BCUT2D eigenvalue weighted by Crippen LogP contribution is -2.50. The number of urea groups is 1. The van der Waals surface area contributed by atoms with Gasteiger partial charge in [-0.25, -0.2) is 4.79 Å². The molecule has 2 amide bonds. The maximum absolute atomic E-state index is 11.7. The fraction of sp³-hybridized carbons (Fsp3) is 0.909. The van der Waals surface area contributed by atoms with Crippen LogP contribution in [0.3, 0.4) is 0 Å². The zero-order valence-electron chi connectivity index (χ0n) is 9.92. The number of carbonyl (C=O) groups excluding carboxylic acids is 1. The van der Waals surface area contributed by atoms with Crippen molar-refractivity contribution < 1.29 is 4.79 Å². The molecule has 0 radical (unpaired) electrons. The zero-order chi connectivity index (χ0) is 10.9. The van der Waals surface area contributed by atoms with Gasteiger partial charge in [0.2, 0.25) is 0 Å². The second-order valence-electron chi connectivity index (χ2n) is 5.37. The molecular formula is C11H22N2O. The number of hydrogen-bond donors (Lipinski definition) is 1. The Morgan fingerprint density at radius 3 is 2.29 bits per heavy atom. The number of rotatable bonds is 2. The smallest absolute Gasteiger partial charge is 0.317 e. The molecule has 1 atom stereocenters. The lowest BCUT2D eigenvalue weighted by molar-refractivity contribution is 0.179. The highest BCUT2D eigenvalue weighted by atomic mass is 16.2. The molecule has 1 fully saturated rings. The van der Waals surface area contributed by atoms with Gasteiger partial charge in [0, 0.05) is 18.6 Å². The lowest BCUT2D eigenvalue weighted by atomic mass is 10.1. The molecule has 14 heavy (non-hydrogen) atoms. The van der Waals surface area contributed by atoms with Gasteiger partial charge in [-0.05, 0) is 46.5 Å². The van der Waals surface area contributed by atoms with Gasteiger partial charge < -0.3 is 10.2 Å². The van der Waals surface area contributed by atoms with E-state index in [2.05, 4.69) is 12.2 Å². The quantitative estimate of drug-likeness (QED) is 0.725. The van der Waals surface area contributed by atoms with Crippen LogP contribution in [0.4, 0.5) is 4.79 Å². The molecule has 1 N–H and O–H groups in total. The van der Waals surface area contributed by atoms with Crippen molar-refractivity contribution in [1.29, 1.82) is 0 Å². The summed E-state index contributed by atoms with van der Waals surface area (Å²) in [6, 6.07) is 0.411. The van der Waals surface area contributed by atoms with Crippen LogP contribution in [0.5, 0.6) is 0 Å². The summed E-state index contributed by atoms with van der Waals surface area (Å²) in [5.74, 6) is 0.728. The fourth-order valence-corrected chi connectivity index (χ4v) is 1.49. The van der Waals surface area contributed by atoms with Crippen molar-refractivity contribution in [3.05, 3.63) is 0 Å². The highest BCUT2D eigenvalue weighted by Gasteiger charge is 2.33. The summed E-state index contributed by atoms with van der Waals surface area (Å²) < 4.78 is 0. The number of nitrogens with zero attached hydrogens (tertiary/aromatic N) is 1. The molecule has 82 valence electrons. The minimum atomic E-state index is -0.144. The summed E-state index contributed by atoms with van der Waals surface area (Å²) >= 11 is 0. The van der Waals surface area contributed by atoms with E-state index in [9.17, 15) is 4.79 Å². The maximum Gasteiger partial charge on any atom is 0.317 e. The average molecular weight is 198 g/mol. The first-order chi connectivity index (χ1) is 6.31. The van der Waals surface area contributed by atoms with E-state index in [-0.39, 0.29) is 11.6 Å². The van der Waals surface area contributed by atoms with Gasteiger partial charge in [-0.3, -0.25) is 0 Å². The molecule has 0 heterocycles. The van der Waals surface area contributed by atoms with E-state index in [4.69, 9.17) is 0 Å². The number of hydrogen-bond acceptors (Lipinski definition) is 1. The van der Waals surface area contributed by atoms with E-state index in [0.717, 1.165) is 5.92 Å². The van der Waals surface area contributed by atoms with Crippen molar-refractivity contribution in [2.45, 2.75) is 52.1 Å². The monoisotopic (exact) mass is 198 g/mol. The van der Waals surface area contributed by atoms with Gasteiger partial charge in [0.15, 0.2) is 0 Å². The van der Waals surface area contributed by atoms with E-state index in [0.29, 0.717) is 6.04 Å². The van der Waals surface area contributed by atoms with Gasteiger partial charge >= 0.3 is 6.03 Å². The van der Waals surface area contributed by atoms with Crippen molar-refractivity contribution >= 4 is 6.03 Å². The van der Waals surface area contributed by atoms with Crippen LogP contribution in [0, 0.1) is 5.92 Å². The Balaban J connectivity index is 2.43. The summed E-state index contributed by atoms with van der Waals surface area (Å²) in [6.07, 6.45) is 2.54. The maximum atomic E-state index is 11.7. The molecule has 1 aliphatic rings. The largest absolute Gasteiger partial charge is 0.333 e. The van der Waals surface area contributed by atoms with E-state index < -0.39 is 0 Å². The molecule has 0 aromatic rings. The highest BCUT2D eigenvalue weighted by Crippen LogP contribution is 2.34. The summed E-state index contributed by atoms with van der Waals surface area (Å²) in [7, 11) is 1.88. The first-order valence-corrected chi connectivity index (χ1v) is 5.36. The van der Waals surface area contributed by atoms with Crippen molar-refractivity contribution in [3.63, 3.8) is 0 Å². The molecule has 0 aliphatic heterocycles. The van der Waals surface area contributed by atoms with Crippen LogP contribution in [0.2, 0.25) is 0 Å². The Morgan fingerprint density at radius 2 is 1.93 bits per heavy atom. The SMILES string of the molecule is CC(C1CC1)N(C)C(=O)NC(C)(C)C. The van der Waals surface area contributed by atoms with Crippen LogP contribution in [-0.2, 0) is 0 Å². The molecule has 0 aromatic heterocycles. The standard InChI is InChI=1S/C11H22N2O/c1-8(9-6-7-9)13(5)10(14)12-11(2,3)4/h8-9H,6-7H2,1-5H3,(H,12,14). The van der Waals surface area contributed by atoms with Crippen LogP contribution >= 0.6 is 0 Å². The number of nitrogens with one attached hydrogen (secondary N) is 1. The number of carbonyl (C=O) groups is 1. The molecule has 1 aliphatic carbocycles. The van der Waals surface area contributed by atoms with Crippen molar-refractivity contribution in [1.82, 2.24) is 10.2 Å². The molecule has 0 saturated heterocycles. The predicted octanol–water partition coefficient (Wildman–Crippen LogP) is 2.22. The van der Waals surface area contributed by atoms with Crippen molar-refractivity contribution in [2.24, 2.45) is 5.92 Å². The second-order valence-corrected chi connectivity index (χ2v) is 5.37. The Morgan fingerprint density at radius 1 is 1.43 bits per heavy atom. The van der Waals surface area contributed by atoms with Crippen LogP contribution in [0.1, 0.15) is 40.5 Å². The second kappa shape index (κ2) is 3.79. The Bertz CT molecular complexity index is 216. The fourth-order valence-electron chi connectivity index (χ4n) is 1.49. The third-order valence-corrected chi connectivity index (χ3v) is 2.72. The van der Waals surface area contributed by atoms with E-state index in [1.807, 2.05) is 32.7 Å². The van der Waals surface area contributed by atoms with Crippen LogP contribution in [0.15, 0.2) is 0 Å². The molecule has 0 spiro atoms. The van der Waals surface area contributed by atoms with Crippen LogP contribution in [-0.4, -0.2) is 29.6 Å². The molecule has 1 rings (SSSR count). The molecular weight excluding hydrogens is 176 g/mol. The minimum absolute atomic E-state index is 0.0388. The first-order valence-electron chi connectivity index (χ1n) is 5.36. The van der Waals surface area contributed by atoms with Crippen molar-refractivity contribution in [2.75, 3.05) is 7.05 Å². The van der Waals surface area contributed by atoms with E-state index in [1.165, 1.54) is 12.8 Å². The molecule has 3 heteroatoms. The molecule has 1 unspecified atom stereocenters. The normalized spacial score (nSPS) is 18.9. The summed E-state index contributed by atoms with van der Waals surface area (Å²) in [5.41, 5.74) is -0.144. The minimum Gasteiger partial charge on any atom is -0.333 e. The van der Waals surface area contributed by atoms with Gasteiger partial charge in [0.25, 0.3) is 0 Å². The highest BCUT2D eigenvalue weighted by molar-refractivity contribution is 5.75. The van der Waals surface area contributed by atoms with Gasteiger partial charge in [-0.1, -0.05) is 0 Å². The molecule has 0 aromatic carbocycles. The topological polar surface area (TPSA) is 32.3 Å². The summed E-state index contributed by atoms with van der Waals surface area (Å²) in [5, 5.41) is 2.97. The summed E-state index contributed by atoms with van der Waals surface area (Å²) in [4.78, 5) is 13.6. The third kappa shape index (κ3) is 3.20. The molecule has 0 bridgehead atoms.